The first-order chi connectivity index (χ1) is 19.0. The number of ether oxygens (including phenoxy) is 1. The van der Waals surface area contributed by atoms with E-state index >= 15 is 0 Å². The van der Waals surface area contributed by atoms with Crippen molar-refractivity contribution in [3.05, 3.63) is 106 Å². The summed E-state index contributed by atoms with van der Waals surface area (Å²) >= 11 is 0. The van der Waals surface area contributed by atoms with Crippen LogP contribution in [0.1, 0.15) is 69.6 Å². The number of unbranched alkanes of at least 4 members (excludes halogenated alkanes) is 1. The SMILES string of the molecule is CCCCc1nc(CC)c(-c2ccc(OC(C)CC)cc2)c(=O)n1Cc1ccc(-c2ccccc2C#N)cc1. The van der Waals surface area contributed by atoms with E-state index in [0.717, 1.165) is 65.2 Å². The van der Waals surface area contributed by atoms with Gasteiger partial charge >= 0.3 is 0 Å². The molecule has 5 heteroatoms. The zero-order chi connectivity index (χ0) is 27.8. The number of hydrogen-bond donors (Lipinski definition) is 0. The molecule has 3 aromatic carbocycles. The monoisotopic (exact) mass is 519 g/mol. The van der Waals surface area contributed by atoms with Crippen LogP contribution < -0.4 is 10.3 Å². The van der Waals surface area contributed by atoms with Crippen LogP contribution in [0.15, 0.2) is 77.6 Å². The van der Waals surface area contributed by atoms with Crippen molar-refractivity contribution in [1.29, 1.82) is 5.26 Å². The van der Waals surface area contributed by atoms with Crippen molar-refractivity contribution < 1.29 is 4.74 Å². The summed E-state index contributed by atoms with van der Waals surface area (Å²) in [7, 11) is 0. The Morgan fingerprint density at radius 1 is 0.949 bits per heavy atom. The van der Waals surface area contributed by atoms with Gasteiger partial charge in [0, 0.05) is 6.42 Å². The number of benzene rings is 3. The summed E-state index contributed by atoms with van der Waals surface area (Å²) in [6.07, 6.45) is 4.52. The molecule has 0 aliphatic carbocycles. The minimum atomic E-state index is -0.0116. The lowest BCUT2D eigenvalue weighted by Crippen LogP contribution is -2.29. The third-order valence-electron chi connectivity index (χ3n) is 7.12. The molecule has 0 fully saturated rings. The summed E-state index contributed by atoms with van der Waals surface area (Å²) in [5.41, 5.74) is 5.89. The van der Waals surface area contributed by atoms with Gasteiger partial charge in [0.2, 0.25) is 0 Å². The van der Waals surface area contributed by atoms with Gasteiger partial charge in [0.15, 0.2) is 0 Å². The van der Waals surface area contributed by atoms with Gasteiger partial charge in [0.25, 0.3) is 5.56 Å². The Bertz CT molecular complexity index is 1500. The van der Waals surface area contributed by atoms with Crippen molar-refractivity contribution in [3.8, 4) is 34.1 Å². The molecule has 0 radical (unpaired) electrons. The molecule has 200 valence electrons. The van der Waals surface area contributed by atoms with Gasteiger partial charge in [0.05, 0.1) is 35.5 Å². The first-order valence-corrected chi connectivity index (χ1v) is 14.0. The molecule has 0 bridgehead atoms. The van der Waals surface area contributed by atoms with Crippen LogP contribution in [-0.2, 0) is 19.4 Å². The predicted octanol–water partition coefficient (Wildman–Crippen LogP) is 7.58. The summed E-state index contributed by atoms with van der Waals surface area (Å²) < 4.78 is 7.79. The first kappa shape index (κ1) is 27.9. The Balaban J connectivity index is 1.72. The number of hydrogen-bond acceptors (Lipinski definition) is 4. The van der Waals surface area contributed by atoms with Crippen LogP contribution in [0, 0.1) is 11.3 Å². The number of rotatable bonds is 11. The van der Waals surface area contributed by atoms with Gasteiger partial charge in [-0.2, -0.15) is 5.26 Å². The van der Waals surface area contributed by atoms with Gasteiger partial charge in [-0.25, -0.2) is 4.98 Å². The van der Waals surface area contributed by atoms with Crippen LogP contribution in [-0.4, -0.2) is 15.7 Å². The lowest BCUT2D eigenvalue weighted by molar-refractivity contribution is 0.217. The van der Waals surface area contributed by atoms with Gasteiger partial charge < -0.3 is 4.74 Å². The average molecular weight is 520 g/mol. The molecule has 4 aromatic rings. The van der Waals surface area contributed by atoms with Crippen LogP contribution in [0.5, 0.6) is 5.75 Å². The van der Waals surface area contributed by atoms with E-state index in [4.69, 9.17) is 9.72 Å². The number of nitriles is 1. The Kier molecular flexibility index (Phi) is 9.33. The number of aromatic nitrogens is 2. The highest BCUT2D eigenvalue weighted by atomic mass is 16.5. The van der Waals surface area contributed by atoms with Crippen LogP contribution in [0.2, 0.25) is 0 Å². The summed E-state index contributed by atoms with van der Waals surface area (Å²) in [6, 6.07) is 25.8. The zero-order valence-electron chi connectivity index (χ0n) is 23.4. The molecular formula is C34H37N3O2. The van der Waals surface area contributed by atoms with E-state index in [2.05, 4.69) is 33.8 Å². The fourth-order valence-electron chi connectivity index (χ4n) is 4.70. The molecule has 1 aromatic heterocycles. The lowest BCUT2D eigenvalue weighted by atomic mass is 9.99. The van der Waals surface area contributed by atoms with E-state index in [1.807, 2.05) is 77.4 Å². The minimum absolute atomic E-state index is 0.0116. The highest BCUT2D eigenvalue weighted by Gasteiger charge is 2.18. The molecule has 0 saturated heterocycles. The van der Waals surface area contributed by atoms with E-state index in [1.165, 1.54) is 0 Å². The van der Waals surface area contributed by atoms with E-state index in [9.17, 15) is 10.1 Å². The molecule has 0 aliphatic rings. The molecule has 1 atom stereocenters. The van der Waals surface area contributed by atoms with E-state index in [1.54, 1.807) is 0 Å². The maximum atomic E-state index is 14.1. The quantitative estimate of drug-likeness (QED) is 0.205. The Morgan fingerprint density at radius 2 is 1.64 bits per heavy atom. The van der Waals surface area contributed by atoms with Gasteiger partial charge in [0.1, 0.15) is 11.6 Å². The molecule has 0 spiro atoms. The first-order valence-electron chi connectivity index (χ1n) is 14.0. The van der Waals surface area contributed by atoms with Crippen molar-refractivity contribution in [2.24, 2.45) is 0 Å². The van der Waals surface area contributed by atoms with Crippen LogP contribution in [0.25, 0.3) is 22.3 Å². The molecule has 1 unspecified atom stereocenters. The fourth-order valence-corrected chi connectivity index (χ4v) is 4.70. The number of aryl methyl sites for hydroxylation is 2. The Morgan fingerprint density at radius 3 is 2.28 bits per heavy atom. The van der Waals surface area contributed by atoms with Gasteiger partial charge in [-0.05, 0) is 66.6 Å². The normalized spacial score (nSPS) is 11.7. The Hall–Kier alpha value is -4.17. The summed E-state index contributed by atoms with van der Waals surface area (Å²) in [4.78, 5) is 19.1. The molecule has 0 saturated carbocycles. The molecule has 0 N–H and O–H groups in total. The highest BCUT2D eigenvalue weighted by molar-refractivity contribution is 5.70. The van der Waals surface area contributed by atoms with Crippen molar-refractivity contribution in [3.63, 3.8) is 0 Å². The van der Waals surface area contributed by atoms with Crippen LogP contribution in [0.4, 0.5) is 0 Å². The topological polar surface area (TPSA) is 67.9 Å². The van der Waals surface area contributed by atoms with E-state index in [0.29, 0.717) is 24.1 Å². The summed E-state index contributed by atoms with van der Waals surface area (Å²) in [5.74, 6) is 1.63. The third-order valence-corrected chi connectivity index (χ3v) is 7.12. The average Bonchev–Trinajstić information content (AvgIpc) is 2.98. The van der Waals surface area contributed by atoms with Crippen LogP contribution >= 0.6 is 0 Å². The van der Waals surface area contributed by atoms with Crippen molar-refractivity contribution in [2.45, 2.75) is 72.4 Å². The number of nitrogens with zero attached hydrogens (tertiary/aromatic N) is 3. The van der Waals surface area contributed by atoms with Gasteiger partial charge in [-0.1, -0.05) is 81.8 Å². The minimum Gasteiger partial charge on any atom is -0.491 e. The van der Waals surface area contributed by atoms with E-state index in [-0.39, 0.29) is 11.7 Å². The standard InChI is InChI=1S/C34H37N3O2/c1-5-8-13-32-36-31(7-3)33(27-18-20-29(21-19-27)39-24(4)6-2)34(38)37(32)23-25-14-16-26(17-15-25)30-12-10-9-11-28(30)22-35/h9-12,14-21,24H,5-8,13,23H2,1-4H3. The maximum Gasteiger partial charge on any atom is 0.261 e. The van der Waals surface area contributed by atoms with Crippen molar-refractivity contribution in [2.75, 3.05) is 0 Å². The second-order valence-corrected chi connectivity index (χ2v) is 9.91. The van der Waals surface area contributed by atoms with Gasteiger partial charge in [-0.15, -0.1) is 0 Å². The summed E-state index contributed by atoms with van der Waals surface area (Å²) in [6.45, 7) is 8.79. The molecule has 1 heterocycles. The molecule has 39 heavy (non-hydrogen) atoms. The zero-order valence-corrected chi connectivity index (χ0v) is 23.4. The largest absolute Gasteiger partial charge is 0.491 e. The highest BCUT2D eigenvalue weighted by Crippen LogP contribution is 2.26. The lowest BCUT2D eigenvalue weighted by Gasteiger charge is -2.18. The van der Waals surface area contributed by atoms with Crippen molar-refractivity contribution >= 4 is 0 Å². The molecule has 5 nitrogen and oxygen atoms in total. The molecule has 0 amide bonds. The summed E-state index contributed by atoms with van der Waals surface area (Å²) in [5, 5.41) is 9.49. The van der Waals surface area contributed by atoms with Crippen molar-refractivity contribution in [1.82, 2.24) is 9.55 Å². The smallest absolute Gasteiger partial charge is 0.261 e. The molecule has 0 aliphatic heterocycles. The fraction of sp³-hybridized carbons (Fsp3) is 0.324. The second kappa shape index (κ2) is 13.1. The molecule has 4 rings (SSSR count). The Labute approximate surface area is 231 Å². The maximum absolute atomic E-state index is 14.1. The van der Waals surface area contributed by atoms with Gasteiger partial charge in [-0.3, -0.25) is 9.36 Å². The molecular weight excluding hydrogens is 482 g/mol. The van der Waals surface area contributed by atoms with Crippen LogP contribution in [0.3, 0.4) is 0 Å². The van der Waals surface area contributed by atoms with E-state index < -0.39 is 0 Å². The third kappa shape index (κ3) is 6.46. The second-order valence-electron chi connectivity index (χ2n) is 9.91. The predicted molar refractivity (Wildman–Crippen MR) is 158 cm³/mol.